The highest BCUT2D eigenvalue weighted by molar-refractivity contribution is 5.86. The van der Waals surface area contributed by atoms with Crippen molar-refractivity contribution in [2.45, 2.75) is 19.4 Å². The molecule has 1 unspecified atom stereocenters. The van der Waals surface area contributed by atoms with E-state index >= 15 is 0 Å². The maximum atomic E-state index is 5.85. The summed E-state index contributed by atoms with van der Waals surface area (Å²) in [6, 6.07) is 23.4. The van der Waals surface area contributed by atoms with Crippen molar-refractivity contribution in [2.24, 2.45) is 5.84 Å². The van der Waals surface area contributed by atoms with Crippen LogP contribution < -0.4 is 11.3 Å². The molecule has 106 valence electrons. The number of fused-ring (bicyclic) bond motifs is 1. The molecule has 0 heterocycles. The van der Waals surface area contributed by atoms with Gasteiger partial charge in [0, 0.05) is 0 Å². The molecular formula is C19H20N2. The molecule has 3 aromatic rings. The van der Waals surface area contributed by atoms with Gasteiger partial charge in [-0.15, -0.1) is 0 Å². The van der Waals surface area contributed by atoms with E-state index in [1.54, 1.807) is 0 Å². The van der Waals surface area contributed by atoms with Crippen LogP contribution in [-0.4, -0.2) is 0 Å². The third kappa shape index (κ3) is 2.68. The van der Waals surface area contributed by atoms with Crippen molar-refractivity contribution in [3.8, 4) is 0 Å². The Morgan fingerprint density at radius 1 is 0.905 bits per heavy atom. The summed E-state index contributed by atoms with van der Waals surface area (Å²) in [6.07, 6.45) is 1.05. The molecule has 0 fully saturated rings. The Kier molecular flexibility index (Phi) is 4.00. The summed E-state index contributed by atoms with van der Waals surface area (Å²) in [6.45, 7) is 2.17. The lowest BCUT2D eigenvalue weighted by Crippen LogP contribution is -2.29. The number of nitrogens with one attached hydrogen (secondary N) is 1. The highest BCUT2D eigenvalue weighted by atomic mass is 15.2. The first-order valence-corrected chi connectivity index (χ1v) is 7.36. The number of nitrogens with two attached hydrogens (primary N) is 1. The molecule has 3 aromatic carbocycles. The molecule has 0 saturated heterocycles. The smallest absolute Gasteiger partial charge is 0.0716 e. The van der Waals surface area contributed by atoms with Gasteiger partial charge in [0.2, 0.25) is 0 Å². The van der Waals surface area contributed by atoms with Crippen molar-refractivity contribution < 1.29 is 0 Å². The van der Waals surface area contributed by atoms with Gasteiger partial charge in [0.05, 0.1) is 6.04 Å². The molecule has 0 aromatic heterocycles. The predicted molar refractivity (Wildman–Crippen MR) is 88.9 cm³/mol. The van der Waals surface area contributed by atoms with Gasteiger partial charge in [-0.05, 0) is 33.9 Å². The third-order valence-electron chi connectivity index (χ3n) is 4.02. The van der Waals surface area contributed by atoms with E-state index in [1.807, 2.05) is 0 Å². The van der Waals surface area contributed by atoms with Crippen LogP contribution in [0.3, 0.4) is 0 Å². The van der Waals surface area contributed by atoms with Crippen molar-refractivity contribution in [3.63, 3.8) is 0 Å². The van der Waals surface area contributed by atoms with Crippen molar-refractivity contribution in [1.82, 2.24) is 5.43 Å². The first-order valence-electron chi connectivity index (χ1n) is 7.36. The number of rotatable bonds is 4. The monoisotopic (exact) mass is 276 g/mol. The van der Waals surface area contributed by atoms with Crippen molar-refractivity contribution in [3.05, 3.63) is 83.4 Å². The van der Waals surface area contributed by atoms with Crippen molar-refractivity contribution in [1.29, 1.82) is 0 Å². The first-order chi connectivity index (χ1) is 10.3. The van der Waals surface area contributed by atoms with Crippen molar-refractivity contribution in [2.75, 3.05) is 0 Å². The van der Waals surface area contributed by atoms with Crippen LogP contribution in [0.5, 0.6) is 0 Å². The zero-order valence-electron chi connectivity index (χ0n) is 12.2. The lowest BCUT2D eigenvalue weighted by Gasteiger charge is -2.19. The number of hydrogen-bond acceptors (Lipinski definition) is 2. The van der Waals surface area contributed by atoms with Crippen LogP contribution in [0.25, 0.3) is 10.8 Å². The molecule has 2 heteroatoms. The Balaban J connectivity index is 2.09. The Morgan fingerprint density at radius 3 is 2.33 bits per heavy atom. The van der Waals surface area contributed by atoms with Gasteiger partial charge in [-0.25, -0.2) is 5.43 Å². The zero-order chi connectivity index (χ0) is 14.7. The summed E-state index contributed by atoms with van der Waals surface area (Å²) in [5.74, 6) is 5.85. The fourth-order valence-corrected chi connectivity index (χ4v) is 2.81. The molecule has 0 aliphatic heterocycles. The van der Waals surface area contributed by atoms with E-state index in [1.165, 1.54) is 27.5 Å². The molecule has 0 bridgehead atoms. The van der Waals surface area contributed by atoms with Gasteiger partial charge in [0.15, 0.2) is 0 Å². The maximum absolute atomic E-state index is 5.85. The Labute approximate surface area is 125 Å². The molecule has 0 radical (unpaired) electrons. The van der Waals surface area contributed by atoms with Crippen LogP contribution in [0.15, 0.2) is 66.7 Å². The van der Waals surface area contributed by atoms with Crippen LogP contribution in [0.2, 0.25) is 0 Å². The van der Waals surface area contributed by atoms with Crippen LogP contribution >= 0.6 is 0 Å². The topological polar surface area (TPSA) is 38.0 Å². The van der Waals surface area contributed by atoms with E-state index in [9.17, 15) is 0 Å². The standard InChI is InChI=1S/C19H20N2/c1-2-14-10-12-16(13-11-14)19(21-20)18-9-5-7-15-6-3-4-8-17(15)18/h3-13,19,21H,2,20H2,1H3. The minimum absolute atomic E-state index is 0.00186. The predicted octanol–water partition coefficient (Wildman–Crippen LogP) is 3.95. The van der Waals surface area contributed by atoms with E-state index in [-0.39, 0.29) is 6.04 Å². The van der Waals surface area contributed by atoms with E-state index < -0.39 is 0 Å². The average Bonchev–Trinajstić information content (AvgIpc) is 2.56. The largest absolute Gasteiger partial charge is 0.271 e. The summed E-state index contributed by atoms with van der Waals surface area (Å²) in [5, 5.41) is 2.47. The molecule has 0 spiro atoms. The lowest BCUT2D eigenvalue weighted by molar-refractivity contribution is 0.641. The van der Waals surface area contributed by atoms with E-state index in [0.29, 0.717) is 0 Å². The van der Waals surface area contributed by atoms with Gasteiger partial charge in [-0.3, -0.25) is 5.84 Å². The molecular weight excluding hydrogens is 256 g/mol. The molecule has 1 atom stereocenters. The van der Waals surface area contributed by atoms with Crippen LogP contribution in [-0.2, 0) is 6.42 Å². The van der Waals surface area contributed by atoms with Gasteiger partial charge in [0.25, 0.3) is 0 Å². The van der Waals surface area contributed by atoms with E-state index in [2.05, 4.69) is 79.1 Å². The molecule has 0 aliphatic rings. The van der Waals surface area contributed by atoms with Gasteiger partial charge in [-0.1, -0.05) is 73.7 Å². The Hall–Kier alpha value is -2.16. The molecule has 0 amide bonds. The average molecular weight is 276 g/mol. The zero-order valence-corrected chi connectivity index (χ0v) is 12.2. The molecule has 2 nitrogen and oxygen atoms in total. The van der Waals surface area contributed by atoms with Gasteiger partial charge >= 0.3 is 0 Å². The second-order valence-corrected chi connectivity index (χ2v) is 5.26. The van der Waals surface area contributed by atoms with Crippen LogP contribution in [0, 0.1) is 0 Å². The molecule has 3 rings (SSSR count). The quantitative estimate of drug-likeness (QED) is 0.559. The highest BCUT2D eigenvalue weighted by Crippen LogP contribution is 2.28. The third-order valence-corrected chi connectivity index (χ3v) is 4.02. The summed E-state index contributed by atoms with van der Waals surface area (Å²) in [4.78, 5) is 0. The summed E-state index contributed by atoms with van der Waals surface area (Å²) < 4.78 is 0. The summed E-state index contributed by atoms with van der Waals surface area (Å²) >= 11 is 0. The fraction of sp³-hybridized carbons (Fsp3) is 0.158. The molecule has 3 N–H and O–H groups in total. The molecule has 21 heavy (non-hydrogen) atoms. The van der Waals surface area contributed by atoms with Crippen LogP contribution in [0.1, 0.15) is 29.7 Å². The molecule has 0 aliphatic carbocycles. The first kappa shape index (κ1) is 13.8. The Morgan fingerprint density at radius 2 is 1.62 bits per heavy atom. The molecule has 0 saturated carbocycles. The van der Waals surface area contributed by atoms with E-state index in [0.717, 1.165) is 6.42 Å². The van der Waals surface area contributed by atoms with Crippen LogP contribution in [0.4, 0.5) is 0 Å². The fourth-order valence-electron chi connectivity index (χ4n) is 2.81. The number of aryl methyl sites for hydroxylation is 1. The second-order valence-electron chi connectivity index (χ2n) is 5.26. The van der Waals surface area contributed by atoms with Crippen molar-refractivity contribution >= 4 is 10.8 Å². The number of hydrogen-bond donors (Lipinski definition) is 2. The SMILES string of the molecule is CCc1ccc(C(NN)c2cccc3ccccc23)cc1. The second kappa shape index (κ2) is 6.08. The minimum Gasteiger partial charge on any atom is -0.271 e. The summed E-state index contributed by atoms with van der Waals surface area (Å²) in [7, 11) is 0. The maximum Gasteiger partial charge on any atom is 0.0716 e. The van der Waals surface area contributed by atoms with Gasteiger partial charge < -0.3 is 0 Å². The Bertz CT molecular complexity index is 727. The minimum atomic E-state index is 0.00186. The summed E-state index contributed by atoms with van der Waals surface area (Å²) in [5.41, 5.74) is 6.70. The van der Waals surface area contributed by atoms with Gasteiger partial charge in [0.1, 0.15) is 0 Å². The highest BCUT2D eigenvalue weighted by Gasteiger charge is 2.14. The van der Waals surface area contributed by atoms with Gasteiger partial charge in [-0.2, -0.15) is 0 Å². The number of hydrazine groups is 1. The lowest BCUT2D eigenvalue weighted by atomic mass is 9.93. The van der Waals surface area contributed by atoms with E-state index in [4.69, 9.17) is 5.84 Å². The normalized spacial score (nSPS) is 12.5. The number of benzene rings is 3.